The zero-order chi connectivity index (χ0) is 7.84. The minimum absolute atomic E-state index is 0. The Morgan fingerprint density at radius 3 is 2.83 bits per heavy atom. The Balaban J connectivity index is 0.000000720. The van der Waals surface area contributed by atoms with Crippen LogP contribution >= 0.6 is 0 Å². The van der Waals surface area contributed by atoms with Crippen LogP contribution in [0.1, 0.15) is 5.56 Å². The van der Waals surface area contributed by atoms with E-state index in [-0.39, 0.29) is 32.7 Å². The van der Waals surface area contributed by atoms with E-state index in [0.29, 0.717) is 0 Å². The van der Waals surface area contributed by atoms with Crippen molar-refractivity contribution in [2.45, 2.75) is 6.92 Å². The third-order valence-electron chi connectivity index (χ3n) is 1.76. The van der Waals surface area contributed by atoms with Crippen molar-refractivity contribution in [2.75, 3.05) is 0 Å². The monoisotopic (exact) mass is 235 g/mol. The summed E-state index contributed by atoms with van der Waals surface area (Å²) in [4.78, 5) is 0. The zero-order valence-electron chi connectivity index (χ0n) is 7.07. The van der Waals surface area contributed by atoms with Gasteiger partial charge in [0.2, 0.25) is 0 Å². The summed E-state index contributed by atoms with van der Waals surface area (Å²) in [5, 5.41) is 7.91. The molecular formula is C8H8N3Y-. The molecule has 2 rings (SSSR count). The topological polar surface area (TPSA) is 30.7 Å². The number of fused-ring (bicyclic) bond motifs is 1. The van der Waals surface area contributed by atoms with Crippen LogP contribution in [-0.2, 0) is 39.8 Å². The van der Waals surface area contributed by atoms with Crippen molar-refractivity contribution >= 4 is 11.0 Å². The number of nitrogens with zero attached hydrogens (tertiary/aromatic N) is 3. The van der Waals surface area contributed by atoms with Crippen LogP contribution in [0.15, 0.2) is 12.1 Å². The minimum Gasteiger partial charge on any atom is -0.301 e. The van der Waals surface area contributed by atoms with E-state index in [1.165, 1.54) is 0 Å². The molecule has 0 aliphatic carbocycles. The maximum atomic E-state index is 4.01. The summed E-state index contributed by atoms with van der Waals surface area (Å²) >= 11 is 0. The van der Waals surface area contributed by atoms with Gasteiger partial charge in [-0.05, 0) is 5.52 Å². The third kappa shape index (κ3) is 1.43. The summed E-state index contributed by atoms with van der Waals surface area (Å²) in [6.07, 6.45) is 0. The Morgan fingerprint density at radius 1 is 1.42 bits per heavy atom. The molecule has 3 nitrogen and oxygen atoms in total. The fourth-order valence-corrected chi connectivity index (χ4v) is 1.12. The zero-order valence-corrected chi connectivity index (χ0v) is 9.91. The smallest absolute Gasteiger partial charge is 0.0190 e. The minimum atomic E-state index is 0. The molecule has 0 fully saturated rings. The van der Waals surface area contributed by atoms with Crippen LogP contribution in [0.2, 0.25) is 0 Å². The van der Waals surface area contributed by atoms with Crippen LogP contribution in [0, 0.1) is 13.0 Å². The van der Waals surface area contributed by atoms with E-state index in [4.69, 9.17) is 0 Å². The average molecular weight is 235 g/mol. The van der Waals surface area contributed by atoms with Gasteiger partial charge in [-0.2, -0.15) is 23.3 Å². The molecule has 0 aliphatic heterocycles. The molecule has 0 amide bonds. The van der Waals surface area contributed by atoms with Gasteiger partial charge in [-0.25, -0.2) is 0 Å². The van der Waals surface area contributed by atoms with Crippen molar-refractivity contribution in [2.24, 2.45) is 7.05 Å². The van der Waals surface area contributed by atoms with Crippen molar-refractivity contribution in [1.29, 1.82) is 0 Å². The van der Waals surface area contributed by atoms with Gasteiger partial charge in [0.15, 0.2) is 0 Å². The Morgan fingerprint density at radius 2 is 2.17 bits per heavy atom. The number of aryl methyl sites for hydroxylation is 2. The molecule has 0 unspecified atom stereocenters. The number of hydrogen-bond acceptors (Lipinski definition) is 2. The van der Waals surface area contributed by atoms with Crippen molar-refractivity contribution in [1.82, 2.24) is 15.0 Å². The second-order valence-electron chi connectivity index (χ2n) is 2.59. The molecule has 0 saturated heterocycles. The van der Waals surface area contributed by atoms with Crippen LogP contribution in [0.25, 0.3) is 11.0 Å². The third-order valence-corrected chi connectivity index (χ3v) is 1.76. The van der Waals surface area contributed by atoms with Crippen molar-refractivity contribution < 1.29 is 32.7 Å². The van der Waals surface area contributed by atoms with Crippen LogP contribution in [0.5, 0.6) is 0 Å². The maximum absolute atomic E-state index is 4.01. The Labute approximate surface area is 96.0 Å². The summed E-state index contributed by atoms with van der Waals surface area (Å²) < 4.78 is 1.75. The molecule has 0 N–H and O–H groups in total. The molecule has 0 atom stereocenters. The number of aromatic nitrogens is 3. The van der Waals surface area contributed by atoms with Gasteiger partial charge in [0.1, 0.15) is 0 Å². The van der Waals surface area contributed by atoms with Gasteiger partial charge in [0.25, 0.3) is 0 Å². The molecule has 1 heterocycles. The fraction of sp³-hybridized carbons (Fsp3) is 0.250. The quantitative estimate of drug-likeness (QED) is 0.639. The van der Waals surface area contributed by atoms with Crippen molar-refractivity contribution in [3.63, 3.8) is 0 Å². The first kappa shape index (κ1) is 9.81. The maximum Gasteiger partial charge on any atom is 0.0190 e. The Kier molecular flexibility index (Phi) is 2.96. The SMILES string of the molecule is Cc1c[c-]cc2c1nnn2C.[Y]. The van der Waals surface area contributed by atoms with Gasteiger partial charge in [-0.1, -0.05) is 12.1 Å². The summed E-state index contributed by atoms with van der Waals surface area (Å²) in [5.74, 6) is 0. The predicted molar refractivity (Wildman–Crippen MR) is 42.1 cm³/mol. The van der Waals surface area contributed by atoms with E-state index >= 15 is 0 Å². The van der Waals surface area contributed by atoms with Crippen LogP contribution < -0.4 is 0 Å². The first-order valence-corrected chi connectivity index (χ1v) is 3.45. The summed E-state index contributed by atoms with van der Waals surface area (Å²) in [5.41, 5.74) is 3.12. The second kappa shape index (κ2) is 3.63. The summed E-state index contributed by atoms with van der Waals surface area (Å²) in [7, 11) is 1.88. The van der Waals surface area contributed by atoms with E-state index in [9.17, 15) is 0 Å². The summed E-state index contributed by atoms with van der Waals surface area (Å²) in [6.45, 7) is 2.01. The van der Waals surface area contributed by atoms with Gasteiger partial charge < -0.3 is 4.68 Å². The molecule has 0 saturated carbocycles. The number of rotatable bonds is 0. The molecule has 4 heteroatoms. The van der Waals surface area contributed by atoms with Crippen LogP contribution in [-0.4, -0.2) is 15.0 Å². The molecule has 2 aromatic rings. The van der Waals surface area contributed by atoms with E-state index < -0.39 is 0 Å². The fourth-order valence-electron chi connectivity index (χ4n) is 1.12. The molecule has 0 aliphatic rings. The number of hydrogen-bond donors (Lipinski definition) is 0. The normalized spacial score (nSPS) is 9.83. The largest absolute Gasteiger partial charge is 0.301 e. The van der Waals surface area contributed by atoms with Crippen LogP contribution in [0.3, 0.4) is 0 Å². The second-order valence-corrected chi connectivity index (χ2v) is 2.59. The first-order chi connectivity index (χ1) is 5.29. The summed E-state index contributed by atoms with van der Waals surface area (Å²) in [6, 6.07) is 6.83. The first-order valence-electron chi connectivity index (χ1n) is 3.45. The molecule has 59 valence electrons. The molecule has 1 aromatic carbocycles. The van der Waals surface area contributed by atoms with Gasteiger partial charge >= 0.3 is 0 Å². The van der Waals surface area contributed by atoms with Gasteiger partial charge in [0, 0.05) is 45.3 Å². The molecule has 1 radical (unpaired) electrons. The van der Waals surface area contributed by atoms with E-state index in [1.54, 1.807) is 4.68 Å². The molecule has 0 bridgehead atoms. The molecular weight excluding hydrogens is 227 g/mol. The molecule has 1 aromatic heterocycles. The Hall–Kier alpha value is -0.276. The van der Waals surface area contributed by atoms with Crippen molar-refractivity contribution in [3.05, 3.63) is 23.8 Å². The average Bonchev–Trinajstić information content (AvgIpc) is 2.35. The number of benzene rings is 1. The van der Waals surface area contributed by atoms with Gasteiger partial charge in [-0.3, -0.25) is 0 Å². The Bertz CT molecular complexity index is 394. The predicted octanol–water partition coefficient (Wildman–Crippen LogP) is 1.07. The van der Waals surface area contributed by atoms with Crippen LogP contribution in [0.4, 0.5) is 0 Å². The van der Waals surface area contributed by atoms with E-state index in [0.717, 1.165) is 16.6 Å². The van der Waals surface area contributed by atoms with E-state index in [1.807, 2.05) is 26.1 Å². The molecule has 0 spiro atoms. The van der Waals surface area contributed by atoms with Gasteiger partial charge in [-0.15, -0.1) is 5.56 Å². The van der Waals surface area contributed by atoms with Crippen molar-refractivity contribution in [3.8, 4) is 0 Å². The van der Waals surface area contributed by atoms with Gasteiger partial charge in [0.05, 0.1) is 0 Å². The standard InChI is InChI=1S/C8H8N3.Y/c1-6-4-3-5-7-8(6)9-10-11(7)2;/h4-5H,1-2H3;/q-1;. The van der Waals surface area contributed by atoms with E-state index in [2.05, 4.69) is 16.4 Å². The molecule has 12 heavy (non-hydrogen) atoms.